The van der Waals surface area contributed by atoms with Crippen LogP contribution < -0.4 is 10.0 Å². The maximum Gasteiger partial charge on any atom is 0.337 e. The van der Waals surface area contributed by atoms with Gasteiger partial charge in [-0.2, -0.15) is 0 Å². The van der Waals surface area contributed by atoms with Crippen LogP contribution in [0.4, 0.5) is 15.8 Å². The Morgan fingerprint density at radius 3 is 2.13 bits per heavy atom. The van der Waals surface area contributed by atoms with Crippen LogP contribution in [0.3, 0.4) is 0 Å². The van der Waals surface area contributed by atoms with Crippen LogP contribution in [0, 0.1) is 5.82 Å². The van der Waals surface area contributed by atoms with Crippen LogP contribution in [-0.4, -0.2) is 27.4 Å². The number of amides is 1. The highest BCUT2D eigenvalue weighted by molar-refractivity contribution is 7.92. The summed E-state index contributed by atoms with van der Waals surface area (Å²) in [5.41, 5.74) is 1.06. The zero-order valence-electron chi connectivity index (χ0n) is 15.8. The van der Waals surface area contributed by atoms with Gasteiger partial charge < -0.3 is 10.1 Å². The smallest absolute Gasteiger partial charge is 0.337 e. The largest absolute Gasteiger partial charge is 0.465 e. The number of benzene rings is 3. The second kappa shape index (κ2) is 8.75. The van der Waals surface area contributed by atoms with Crippen molar-refractivity contribution in [2.75, 3.05) is 17.1 Å². The molecule has 0 fully saturated rings. The molecule has 1 amide bonds. The molecule has 0 bridgehead atoms. The second-order valence-electron chi connectivity index (χ2n) is 6.16. The highest BCUT2D eigenvalue weighted by Gasteiger charge is 2.17. The van der Waals surface area contributed by atoms with Crippen molar-refractivity contribution in [1.29, 1.82) is 0 Å². The molecule has 0 aliphatic carbocycles. The Hall–Kier alpha value is -3.72. The van der Waals surface area contributed by atoms with E-state index in [0.717, 1.165) is 12.1 Å². The summed E-state index contributed by atoms with van der Waals surface area (Å²) in [6.45, 7) is 0. The number of halogens is 1. The average Bonchev–Trinajstić information content (AvgIpc) is 2.75. The summed E-state index contributed by atoms with van der Waals surface area (Å²) in [6.07, 6.45) is 0. The quantitative estimate of drug-likeness (QED) is 0.584. The summed E-state index contributed by atoms with van der Waals surface area (Å²) in [4.78, 5) is 23.8. The number of hydrogen-bond donors (Lipinski definition) is 2. The number of anilines is 2. The topological polar surface area (TPSA) is 102 Å². The Balaban J connectivity index is 1.76. The first kappa shape index (κ1) is 21.0. The van der Waals surface area contributed by atoms with E-state index in [-0.39, 0.29) is 16.1 Å². The van der Waals surface area contributed by atoms with E-state index < -0.39 is 27.7 Å². The molecule has 2 N–H and O–H groups in total. The van der Waals surface area contributed by atoms with Gasteiger partial charge in [0.2, 0.25) is 0 Å². The first-order valence-corrected chi connectivity index (χ1v) is 10.1. The van der Waals surface area contributed by atoms with Crippen LogP contribution in [0.1, 0.15) is 20.7 Å². The molecule has 0 unspecified atom stereocenters. The lowest BCUT2D eigenvalue weighted by Crippen LogP contribution is -2.16. The van der Waals surface area contributed by atoms with Crippen molar-refractivity contribution in [2.45, 2.75) is 4.90 Å². The highest BCUT2D eigenvalue weighted by Crippen LogP contribution is 2.19. The fourth-order valence-corrected chi connectivity index (χ4v) is 3.65. The van der Waals surface area contributed by atoms with Gasteiger partial charge in [-0.25, -0.2) is 17.6 Å². The fourth-order valence-electron chi connectivity index (χ4n) is 2.55. The average molecular weight is 428 g/mol. The molecule has 0 aliphatic rings. The van der Waals surface area contributed by atoms with Gasteiger partial charge in [-0.15, -0.1) is 0 Å². The third kappa shape index (κ3) is 5.00. The zero-order valence-corrected chi connectivity index (χ0v) is 16.6. The molecule has 0 aliphatic heterocycles. The van der Waals surface area contributed by atoms with Gasteiger partial charge in [-0.05, 0) is 66.7 Å². The van der Waals surface area contributed by atoms with Gasteiger partial charge in [0.25, 0.3) is 15.9 Å². The molecule has 3 aromatic rings. The Bertz CT molecular complexity index is 1180. The summed E-state index contributed by atoms with van der Waals surface area (Å²) in [5.74, 6) is -1.52. The Kier molecular flexibility index (Phi) is 6.12. The van der Waals surface area contributed by atoms with Gasteiger partial charge in [0.1, 0.15) is 5.82 Å². The zero-order chi connectivity index (χ0) is 21.7. The van der Waals surface area contributed by atoms with Gasteiger partial charge in [-0.1, -0.05) is 6.07 Å². The lowest BCUT2D eigenvalue weighted by Gasteiger charge is -2.10. The van der Waals surface area contributed by atoms with Crippen molar-refractivity contribution in [3.05, 3.63) is 89.7 Å². The van der Waals surface area contributed by atoms with E-state index in [1.54, 1.807) is 0 Å². The van der Waals surface area contributed by atoms with Crippen molar-refractivity contribution in [2.24, 2.45) is 0 Å². The lowest BCUT2D eigenvalue weighted by atomic mass is 10.2. The molecular formula is C21H17FN2O5S. The summed E-state index contributed by atoms with van der Waals surface area (Å²) in [6, 6.07) is 16.4. The molecule has 3 aromatic carbocycles. The molecule has 0 atom stereocenters. The van der Waals surface area contributed by atoms with Crippen LogP contribution in [0.15, 0.2) is 77.7 Å². The van der Waals surface area contributed by atoms with E-state index in [4.69, 9.17) is 0 Å². The van der Waals surface area contributed by atoms with Crippen molar-refractivity contribution < 1.29 is 27.1 Å². The number of ether oxygens (including phenoxy) is 1. The molecule has 154 valence electrons. The summed E-state index contributed by atoms with van der Waals surface area (Å²) in [5, 5.41) is 2.63. The van der Waals surface area contributed by atoms with Crippen LogP contribution in [0.25, 0.3) is 0 Å². The minimum absolute atomic E-state index is 0.119. The maximum atomic E-state index is 13.0. The summed E-state index contributed by atoms with van der Waals surface area (Å²) >= 11 is 0. The molecule has 0 spiro atoms. The SMILES string of the molecule is COC(=O)c1ccc(NC(=O)c2cccc(S(=O)(=O)Nc3ccc(F)cc3)c2)cc1. The third-order valence-electron chi connectivity index (χ3n) is 4.07. The minimum Gasteiger partial charge on any atom is -0.465 e. The molecule has 0 saturated carbocycles. The summed E-state index contributed by atoms with van der Waals surface area (Å²) in [7, 11) is -2.71. The monoisotopic (exact) mass is 428 g/mol. The first-order chi connectivity index (χ1) is 14.3. The van der Waals surface area contributed by atoms with Crippen LogP contribution in [0.5, 0.6) is 0 Å². The van der Waals surface area contributed by atoms with E-state index in [1.165, 1.54) is 67.8 Å². The molecular weight excluding hydrogens is 411 g/mol. The van der Waals surface area contributed by atoms with Gasteiger partial charge in [0.05, 0.1) is 17.6 Å². The van der Waals surface area contributed by atoms with Crippen molar-refractivity contribution in [3.8, 4) is 0 Å². The number of esters is 1. The van der Waals surface area contributed by atoms with Crippen molar-refractivity contribution >= 4 is 33.3 Å². The van der Waals surface area contributed by atoms with Crippen LogP contribution in [-0.2, 0) is 14.8 Å². The number of methoxy groups -OCH3 is 1. The molecule has 0 heterocycles. The minimum atomic E-state index is -3.98. The number of carbonyl (C=O) groups excluding carboxylic acids is 2. The second-order valence-corrected chi connectivity index (χ2v) is 7.85. The number of hydrogen-bond acceptors (Lipinski definition) is 5. The van der Waals surface area contributed by atoms with E-state index in [9.17, 15) is 22.4 Å². The third-order valence-corrected chi connectivity index (χ3v) is 5.45. The van der Waals surface area contributed by atoms with Gasteiger partial charge in [0.15, 0.2) is 0 Å². The van der Waals surface area contributed by atoms with E-state index in [2.05, 4.69) is 14.8 Å². The van der Waals surface area contributed by atoms with Gasteiger partial charge in [0, 0.05) is 16.9 Å². The van der Waals surface area contributed by atoms with Crippen LogP contribution in [0.2, 0.25) is 0 Å². The Morgan fingerprint density at radius 1 is 0.867 bits per heavy atom. The Labute approximate surface area is 172 Å². The molecule has 3 rings (SSSR count). The number of rotatable bonds is 6. The molecule has 0 radical (unpaired) electrons. The van der Waals surface area contributed by atoms with Crippen LogP contribution >= 0.6 is 0 Å². The van der Waals surface area contributed by atoms with Crippen molar-refractivity contribution in [1.82, 2.24) is 0 Å². The molecule has 0 aromatic heterocycles. The number of carbonyl (C=O) groups is 2. The predicted molar refractivity (Wildman–Crippen MR) is 109 cm³/mol. The van der Waals surface area contributed by atoms with Gasteiger partial charge >= 0.3 is 5.97 Å². The molecule has 30 heavy (non-hydrogen) atoms. The Morgan fingerprint density at radius 2 is 1.50 bits per heavy atom. The molecule has 9 heteroatoms. The lowest BCUT2D eigenvalue weighted by molar-refractivity contribution is 0.0600. The molecule has 0 saturated heterocycles. The summed E-state index contributed by atoms with van der Waals surface area (Å²) < 4.78 is 45.1. The van der Waals surface area contributed by atoms with E-state index in [1.807, 2.05) is 0 Å². The standard InChI is InChI=1S/C21H17FN2O5S/c1-29-21(26)14-5-9-17(10-6-14)23-20(25)15-3-2-4-19(13-15)30(27,28)24-18-11-7-16(22)8-12-18/h2-13,24H,1H3,(H,23,25). The van der Waals surface area contributed by atoms with Gasteiger partial charge in [-0.3, -0.25) is 9.52 Å². The maximum absolute atomic E-state index is 13.0. The normalized spacial score (nSPS) is 10.9. The first-order valence-electron chi connectivity index (χ1n) is 8.67. The predicted octanol–water partition coefficient (Wildman–Crippen LogP) is 3.67. The number of nitrogens with one attached hydrogen (secondary N) is 2. The van der Waals surface area contributed by atoms with Crippen molar-refractivity contribution in [3.63, 3.8) is 0 Å². The molecule has 7 nitrogen and oxygen atoms in total. The fraction of sp³-hybridized carbons (Fsp3) is 0.0476. The number of sulfonamides is 1. The highest BCUT2D eigenvalue weighted by atomic mass is 32.2. The van der Waals surface area contributed by atoms with E-state index >= 15 is 0 Å². The van der Waals surface area contributed by atoms with E-state index in [0.29, 0.717) is 11.3 Å².